The zero-order chi connectivity index (χ0) is 16.8. The van der Waals surface area contributed by atoms with Crippen LogP contribution in [0.3, 0.4) is 0 Å². The van der Waals surface area contributed by atoms with Crippen molar-refractivity contribution < 1.29 is 9.32 Å². The SMILES string of the molecule is CN1CCN(C(=O)c2cc(Cl)cn2C)C[C@H]1c1noc(C2CC2)n1. The van der Waals surface area contributed by atoms with Crippen LogP contribution in [0, 0.1) is 0 Å². The minimum atomic E-state index is -0.0466. The summed E-state index contributed by atoms with van der Waals surface area (Å²) in [5.74, 6) is 1.81. The molecule has 0 spiro atoms. The molecule has 1 saturated carbocycles. The van der Waals surface area contributed by atoms with E-state index >= 15 is 0 Å². The number of carbonyl (C=O) groups excluding carboxylic acids is 1. The number of carbonyl (C=O) groups is 1. The second-order valence-electron chi connectivity index (χ2n) is 6.67. The van der Waals surface area contributed by atoms with E-state index in [1.54, 1.807) is 16.8 Å². The number of hydrogen-bond donors (Lipinski definition) is 0. The van der Waals surface area contributed by atoms with Crippen molar-refractivity contribution in [1.82, 2.24) is 24.5 Å². The van der Waals surface area contributed by atoms with Gasteiger partial charge in [-0.2, -0.15) is 4.98 Å². The summed E-state index contributed by atoms with van der Waals surface area (Å²) in [6.45, 7) is 1.98. The molecule has 0 unspecified atom stereocenters. The molecule has 0 bridgehead atoms. The summed E-state index contributed by atoms with van der Waals surface area (Å²) >= 11 is 6.00. The third-order valence-corrected chi connectivity index (χ3v) is 5.01. The molecule has 1 amide bonds. The normalized spacial score (nSPS) is 22.1. The average Bonchev–Trinajstić information content (AvgIpc) is 3.19. The molecule has 128 valence electrons. The molecule has 1 saturated heterocycles. The van der Waals surface area contributed by atoms with E-state index in [1.807, 2.05) is 19.0 Å². The molecule has 8 heteroatoms. The summed E-state index contributed by atoms with van der Waals surface area (Å²) in [5, 5.41) is 4.72. The lowest BCUT2D eigenvalue weighted by Crippen LogP contribution is -2.49. The fourth-order valence-corrected chi connectivity index (χ4v) is 3.36. The second-order valence-corrected chi connectivity index (χ2v) is 7.10. The van der Waals surface area contributed by atoms with Crippen molar-refractivity contribution in [3.63, 3.8) is 0 Å². The lowest BCUT2D eigenvalue weighted by Gasteiger charge is -2.37. The van der Waals surface area contributed by atoms with E-state index in [2.05, 4.69) is 15.0 Å². The highest BCUT2D eigenvalue weighted by atomic mass is 35.5. The van der Waals surface area contributed by atoms with Crippen molar-refractivity contribution >= 4 is 17.5 Å². The fraction of sp³-hybridized carbons (Fsp3) is 0.562. The number of aryl methyl sites for hydroxylation is 1. The molecule has 7 nitrogen and oxygen atoms in total. The van der Waals surface area contributed by atoms with E-state index in [0.717, 1.165) is 25.3 Å². The number of hydrogen-bond acceptors (Lipinski definition) is 5. The lowest BCUT2D eigenvalue weighted by atomic mass is 10.1. The molecule has 0 radical (unpaired) electrons. The highest BCUT2D eigenvalue weighted by Crippen LogP contribution is 2.39. The molecular formula is C16H20ClN5O2. The largest absolute Gasteiger partial charge is 0.345 e. The van der Waals surface area contributed by atoms with Gasteiger partial charge in [0.15, 0.2) is 5.82 Å². The molecule has 2 aromatic rings. The Hall–Kier alpha value is -1.86. The van der Waals surface area contributed by atoms with E-state index in [9.17, 15) is 4.79 Å². The van der Waals surface area contributed by atoms with Crippen LogP contribution in [0.5, 0.6) is 0 Å². The summed E-state index contributed by atoms with van der Waals surface area (Å²) in [6.07, 6.45) is 3.99. The monoisotopic (exact) mass is 349 g/mol. The first kappa shape index (κ1) is 15.7. The summed E-state index contributed by atoms with van der Waals surface area (Å²) in [5.41, 5.74) is 0.593. The number of halogens is 1. The third-order valence-electron chi connectivity index (χ3n) is 4.81. The van der Waals surface area contributed by atoms with Gasteiger partial charge in [0, 0.05) is 38.8 Å². The number of nitrogens with zero attached hydrogens (tertiary/aromatic N) is 5. The fourth-order valence-electron chi connectivity index (χ4n) is 3.11. The van der Waals surface area contributed by atoms with Crippen molar-refractivity contribution in [3.05, 3.63) is 34.7 Å². The Kier molecular flexibility index (Phi) is 3.85. The number of rotatable bonds is 3. The van der Waals surface area contributed by atoms with Crippen molar-refractivity contribution in [3.8, 4) is 0 Å². The van der Waals surface area contributed by atoms with Gasteiger partial charge in [-0.1, -0.05) is 16.8 Å². The highest BCUT2D eigenvalue weighted by Gasteiger charge is 2.35. The number of amides is 1. The second kappa shape index (κ2) is 5.89. The predicted octanol–water partition coefficient (Wildman–Crippen LogP) is 2.07. The van der Waals surface area contributed by atoms with Gasteiger partial charge in [-0.05, 0) is 26.0 Å². The molecule has 3 heterocycles. The van der Waals surface area contributed by atoms with Crippen molar-refractivity contribution in [2.45, 2.75) is 24.8 Å². The smallest absolute Gasteiger partial charge is 0.270 e. The molecule has 2 aromatic heterocycles. The van der Waals surface area contributed by atoms with Gasteiger partial charge in [0.25, 0.3) is 5.91 Å². The molecular weight excluding hydrogens is 330 g/mol. The van der Waals surface area contributed by atoms with Gasteiger partial charge in [-0.25, -0.2) is 0 Å². The average molecular weight is 350 g/mol. The van der Waals surface area contributed by atoms with Crippen LogP contribution in [0.4, 0.5) is 0 Å². The maximum Gasteiger partial charge on any atom is 0.270 e. The first-order valence-corrected chi connectivity index (χ1v) is 8.55. The number of aromatic nitrogens is 3. The third kappa shape index (κ3) is 2.82. The van der Waals surface area contributed by atoms with Gasteiger partial charge in [-0.15, -0.1) is 0 Å². The molecule has 2 aliphatic rings. The molecule has 1 aliphatic heterocycles. The Morgan fingerprint density at radius 2 is 2.12 bits per heavy atom. The maximum absolute atomic E-state index is 12.8. The molecule has 1 atom stereocenters. The number of piperazine rings is 1. The van der Waals surface area contributed by atoms with Gasteiger partial charge in [0.1, 0.15) is 5.69 Å². The van der Waals surface area contributed by atoms with Crippen LogP contribution < -0.4 is 0 Å². The highest BCUT2D eigenvalue weighted by molar-refractivity contribution is 6.31. The van der Waals surface area contributed by atoms with Crippen LogP contribution in [0.15, 0.2) is 16.8 Å². The minimum absolute atomic E-state index is 0.0200. The maximum atomic E-state index is 12.8. The first-order chi connectivity index (χ1) is 11.5. The van der Waals surface area contributed by atoms with Gasteiger partial charge in [-0.3, -0.25) is 9.69 Å². The molecule has 4 rings (SSSR count). The Morgan fingerprint density at radius 1 is 1.33 bits per heavy atom. The number of likely N-dealkylation sites (N-methyl/N-ethyl adjacent to an activating group) is 1. The van der Waals surface area contributed by atoms with Crippen molar-refractivity contribution in [1.29, 1.82) is 0 Å². The predicted molar refractivity (Wildman–Crippen MR) is 88.0 cm³/mol. The van der Waals surface area contributed by atoms with Crippen LogP contribution in [0.2, 0.25) is 5.02 Å². The van der Waals surface area contributed by atoms with E-state index in [4.69, 9.17) is 16.1 Å². The summed E-state index contributed by atoms with van der Waals surface area (Å²) in [4.78, 5) is 21.4. The Labute approximate surface area is 145 Å². The van der Waals surface area contributed by atoms with Gasteiger partial charge in [0.2, 0.25) is 5.89 Å². The zero-order valence-electron chi connectivity index (χ0n) is 13.8. The topological polar surface area (TPSA) is 67.4 Å². The van der Waals surface area contributed by atoms with Crippen molar-refractivity contribution in [2.75, 3.05) is 26.7 Å². The van der Waals surface area contributed by atoms with E-state index in [0.29, 0.717) is 35.5 Å². The molecule has 24 heavy (non-hydrogen) atoms. The van der Waals surface area contributed by atoms with Crippen LogP contribution in [-0.4, -0.2) is 57.1 Å². The van der Waals surface area contributed by atoms with Gasteiger partial charge < -0.3 is 14.0 Å². The summed E-state index contributed by atoms with van der Waals surface area (Å²) in [6, 6.07) is 1.66. The van der Waals surface area contributed by atoms with E-state index in [1.165, 1.54) is 0 Å². The van der Waals surface area contributed by atoms with Crippen LogP contribution >= 0.6 is 11.6 Å². The Bertz CT molecular complexity index is 766. The zero-order valence-corrected chi connectivity index (χ0v) is 14.5. The van der Waals surface area contributed by atoms with Crippen LogP contribution in [-0.2, 0) is 7.05 Å². The molecule has 0 aromatic carbocycles. The quantitative estimate of drug-likeness (QED) is 0.848. The van der Waals surface area contributed by atoms with E-state index < -0.39 is 0 Å². The van der Waals surface area contributed by atoms with Gasteiger partial charge in [0.05, 0.1) is 11.1 Å². The van der Waals surface area contributed by atoms with Crippen molar-refractivity contribution in [2.24, 2.45) is 7.05 Å². The lowest BCUT2D eigenvalue weighted by molar-refractivity contribution is 0.0520. The summed E-state index contributed by atoms with van der Waals surface area (Å²) in [7, 11) is 3.85. The molecule has 2 fully saturated rings. The van der Waals surface area contributed by atoms with Crippen LogP contribution in [0.25, 0.3) is 0 Å². The molecule has 0 N–H and O–H groups in total. The Balaban J connectivity index is 1.53. The van der Waals surface area contributed by atoms with E-state index in [-0.39, 0.29) is 11.9 Å². The van der Waals surface area contributed by atoms with Crippen LogP contribution in [0.1, 0.15) is 47.0 Å². The standard InChI is InChI=1S/C16H20ClN5O2/c1-20-5-6-22(16(23)12-7-11(17)8-21(12)2)9-13(20)14-18-15(24-19-14)10-3-4-10/h7-8,10,13H,3-6,9H2,1-2H3/t13-/m0/s1. The van der Waals surface area contributed by atoms with Gasteiger partial charge >= 0.3 is 0 Å². The minimum Gasteiger partial charge on any atom is -0.345 e. The molecule has 1 aliphatic carbocycles. The summed E-state index contributed by atoms with van der Waals surface area (Å²) < 4.78 is 7.14. The first-order valence-electron chi connectivity index (χ1n) is 8.18. The Morgan fingerprint density at radius 3 is 2.79 bits per heavy atom.